The molecule has 0 saturated heterocycles. The lowest BCUT2D eigenvalue weighted by atomic mass is 9.98. The number of phenolic OH excluding ortho intramolecular Hbond substituents is 1. The third kappa shape index (κ3) is 1.44. The molecular formula is C11H13NO4. The van der Waals surface area contributed by atoms with Crippen LogP contribution in [0, 0.1) is 0 Å². The van der Waals surface area contributed by atoms with Crippen molar-refractivity contribution in [2.45, 2.75) is 6.42 Å². The van der Waals surface area contributed by atoms with Gasteiger partial charge in [0.25, 0.3) is 5.91 Å². The molecule has 5 heteroatoms. The van der Waals surface area contributed by atoms with Crippen LogP contribution in [0.4, 0.5) is 0 Å². The lowest BCUT2D eigenvalue weighted by molar-refractivity contribution is 0.0942. The molecule has 0 atom stereocenters. The van der Waals surface area contributed by atoms with E-state index in [0.717, 1.165) is 5.56 Å². The van der Waals surface area contributed by atoms with Crippen molar-refractivity contribution in [2.24, 2.45) is 0 Å². The van der Waals surface area contributed by atoms with E-state index in [2.05, 4.69) is 5.32 Å². The number of ether oxygens (including phenoxy) is 2. The summed E-state index contributed by atoms with van der Waals surface area (Å²) in [4.78, 5) is 11.6. The minimum atomic E-state index is -0.278. The van der Waals surface area contributed by atoms with E-state index in [1.165, 1.54) is 14.2 Å². The summed E-state index contributed by atoms with van der Waals surface area (Å²) in [7, 11) is 2.91. The fourth-order valence-corrected chi connectivity index (χ4v) is 1.88. The highest BCUT2D eigenvalue weighted by Crippen LogP contribution is 2.41. The molecule has 0 aliphatic carbocycles. The van der Waals surface area contributed by atoms with Crippen LogP contribution in [0.15, 0.2) is 6.07 Å². The number of hydrogen-bond donors (Lipinski definition) is 2. The largest absolute Gasteiger partial charge is 0.504 e. The van der Waals surface area contributed by atoms with Crippen LogP contribution >= 0.6 is 0 Å². The Hall–Kier alpha value is -1.91. The fraction of sp³-hybridized carbons (Fsp3) is 0.364. The van der Waals surface area contributed by atoms with E-state index in [4.69, 9.17) is 9.47 Å². The number of methoxy groups -OCH3 is 2. The second-order valence-electron chi connectivity index (χ2n) is 3.50. The Kier molecular flexibility index (Phi) is 2.60. The Morgan fingerprint density at radius 3 is 2.75 bits per heavy atom. The van der Waals surface area contributed by atoms with Gasteiger partial charge in [-0.1, -0.05) is 0 Å². The predicted molar refractivity (Wildman–Crippen MR) is 57.2 cm³/mol. The van der Waals surface area contributed by atoms with Crippen LogP contribution in [0.2, 0.25) is 0 Å². The minimum Gasteiger partial charge on any atom is -0.504 e. The summed E-state index contributed by atoms with van der Waals surface area (Å²) in [6.45, 7) is 0.570. The van der Waals surface area contributed by atoms with E-state index in [0.29, 0.717) is 18.7 Å². The van der Waals surface area contributed by atoms with E-state index < -0.39 is 0 Å². The van der Waals surface area contributed by atoms with Crippen LogP contribution in [-0.2, 0) is 6.42 Å². The minimum absolute atomic E-state index is 0.158. The number of aromatic hydroxyl groups is 1. The normalized spacial score (nSPS) is 14.0. The second-order valence-corrected chi connectivity index (χ2v) is 3.50. The summed E-state index contributed by atoms with van der Waals surface area (Å²) < 4.78 is 10.1. The van der Waals surface area contributed by atoms with Gasteiger partial charge >= 0.3 is 0 Å². The number of amides is 1. The predicted octanol–water partition coefficient (Wildman–Crippen LogP) is 0.695. The highest BCUT2D eigenvalue weighted by molar-refractivity contribution is 6.00. The van der Waals surface area contributed by atoms with Crippen LogP contribution in [0.5, 0.6) is 17.2 Å². The summed E-state index contributed by atoms with van der Waals surface area (Å²) in [6, 6.07) is 1.73. The van der Waals surface area contributed by atoms with E-state index in [1.807, 2.05) is 0 Å². The molecule has 0 fully saturated rings. The number of benzene rings is 1. The molecule has 0 bridgehead atoms. The Morgan fingerprint density at radius 1 is 1.38 bits per heavy atom. The van der Waals surface area contributed by atoms with E-state index >= 15 is 0 Å². The first-order valence-electron chi connectivity index (χ1n) is 4.94. The molecule has 5 nitrogen and oxygen atoms in total. The third-order valence-electron chi connectivity index (χ3n) is 2.63. The zero-order valence-corrected chi connectivity index (χ0v) is 9.16. The summed E-state index contributed by atoms with van der Waals surface area (Å²) in [5.74, 6) is 0.195. The van der Waals surface area contributed by atoms with Gasteiger partial charge in [0.05, 0.1) is 19.8 Å². The molecule has 1 aromatic carbocycles. The van der Waals surface area contributed by atoms with Gasteiger partial charge in [-0.05, 0) is 18.1 Å². The van der Waals surface area contributed by atoms with Gasteiger partial charge in [-0.2, -0.15) is 0 Å². The average molecular weight is 223 g/mol. The van der Waals surface area contributed by atoms with E-state index in [9.17, 15) is 9.90 Å². The van der Waals surface area contributed by atoms with Crippen LogP contribution in [0.25, 0.3) is 0 Å². The summed E-state index contributed by atoms with van der Waals surface area (Å²) >= 11 is 0. The molecule has 2 N–H and O–H groups in total. The maximum Gasteiger partial charge on any atom is 0.255 e. The third-order valence-corrected chi connectivity index (χ3v) is 2.63. The van der Waals surface area contributed by atoms with Gasteiger partial charge in [0.15, 0.2) is 11.5 Å². The van der Waals surface area contributed by atoms with Crippen molar-refractivity contribution in [3.63, 3.8) is 0 Å². The molecule has 0 unspecified atom stereocenters. The van der Waals surface area contributed by atoms with Gasteiger partial charge in [0, 0.05) is 6.54 Å². The van der Waals surface area contributed by atoms with Gasteiger partial charge in [0.1, 0.15) is 0 Å². The SMILES string of the molecule is COc1cc2c(c(O)c1OC)C(=O)NCC2. The van der Waals surface area contributed by atoms with Crippen LogP contribution in [-0.4, -0.2) is 31.8 Å². The van der Waals surface area contributed by atoms with E-state index in [-0.39, 0.29) is 23.0 Å². The number of carbonyl (C=O) groups is 1. The van der Waals surface area contributed by atoms with E-state index in [1.54, 1.807) is 6.07 Å². The van der Waals surface area contributed by atoms with Crippen LogP contribution in [0.1, 0.15) is 15.9 Å². The number of fused-ring (bicyclic) bond motifs is 1. The molecule has 0 aromatic heterocycles. The summed E-state index contributed by atoms with van der Waals surface area (Å²) in [5, 5.41) is 12.6. The highest BCUT2D eigenvalue weighted by atomic mass is 16.5. The van der Waals surface area contributed by atoms with Crippen molar-refractivity contribution < 1.29 is 19.4 Å². The van der Waals surface area contributed by atoms with Crippen molar-refractivity contribution in [3.05, 3.63) is 17.2 Å². The number of hydrogen-bond acceptors (Lipinski definition) is 4. The Balaban J connectivity index is 2.66. The molecule has 1 amide bonds. The maximum atomic E-state index is 11.6. The van der Waals surface area contributed by atoms with Gasteiger partial charge in [0.2, 0.25) is 5.75 Å². The first-order valence-corrected chi connectivity index (χ1v) is 4.94. The Bertz CT molecular complexity index is 442. The average Bonchev–Trinajstić information content (AvgIpc) is 2.28. The quantitative estimate of drug-likeness (QED) is 0.774. The summed E-state index contributed by atoms with van der Waals surface area (Å²) in [5.41, 5.74) is 1.06. The molecule has 2 rings (SSSR count). The molecule has 1 heterocycles. The van der Waals surface area contributed by atoms with Crippen molar-refractivity contribution in [1.29, 1.82) is 0 Å². The molecule has 1 aliphatic rings. The molecule has 0 radical (unpaired) electrons. The molecule has 0 spiro atoms. The maximum absolute atomic E-state index is 11.6. The van der Waals surface area contributed by atoms with Gasteiger partial charge in [-0.15, -0.1) is 0 Å². The topological polar surface area (TPSA) is 67.8 Å². The molecular weight excluding hydrogens is 210 g/mol. The van der Waals surface area contributed by atoms with Crippen molar-refractivity contribution in [3.8, 4) is 17.2 Å². The molecule has 0 saturated carbocycles. The Labute approximate surface area is 93.0 Å². The van der Waals surface area contributed by atoms with Gasteiger partial charge in [-0.3, -0.25) is 4.79 Å². The lowest BCUT2D eigenvalue weighted by Gasteiger charge is -2.20. The van der Waals surface area contributed by atoms with Gasteiger partial charge < -0.3 is 19.9 Å². The zero-order chi connectivity index (χ0) is 11.7. The second kappa shape index (κ2) is 3.92. The van der Waals surface area contributed by atoms with Gasteiger partial charge in [-0.25, -0.2) is 0 Å². The van der Waals surface area contributed by atoms with Crippen molar-refractivity contribution in [2.75, 3.05) is 20.8 Å². The Morgan fingerprint density at radius 2 is 2.12 bits per heavy atom. The zero-order valence-electron chi connectivity index (χ0n) is 9.16. The number of carbonyl (C=O) groups excluding carboxylic acids is 1. The van der Waals surface area contributed by atoms with Crippen molar-refractivity contribution in [1.82, 2.24) is 5.32 Å². The fourth-order valence-electron chi connectivity index (χ4n) is 1.88. The van der Waals surface area contributed by atoms with Crippen molar-refractivity contribution >= 4 is 5.91 Å². The molecule has 86 valence electrons. The first-order chi connectivity index (χ1) is 7.69. The number of phenols is 1. The van der Waals surface area contributed by atoms with Crippen LogP contribution < -0.4 is 14.8 Å². The first kappa shape index (κ1) is 10.6. The standard InChI is InChI=1S/C11H13NO4/c1-15-7-5-6-3-4-12-11(14)8(6)9(13)10(7)16-2/h5,13H,3-4H2,1-2H3,(H,12,14). The highest BCUT2D eigenvalue weighted by Gasteiger charge is 2.26. The molecule has 16 heavy (non-hydrogen) atoms. The van der Waals surface area contributed by atoms with Crippen LogP contribution in [0.3, 0.4) is 0 Å². The monoisotopic (exact) mass is 223 g/mol. The number of nitrogens with one attached hydrogen (secondary N) is 1. The molecule has 1 aliphatic heterocycles. The molecule has 1 aromatic rings. The lowest BCUT2D eigenvalue weighted by Crippen LogP contribution is -2.31. The number of rotatable bonds is 2. The smallest absolute Gasteiger partial charge is 0.255 e. The summed E-state index contributed by atoms with van der Waals surface area (Å²) in [6.07, 6.45) is 0.676.